The number of anilines is 2. The summed E-state index contributed by atoms with van der Waals surface area (Å²) in [5.74, 6) is -0.541. The van der Waals surface area contributed by atoms with Crippen molar-refractivity contribution < 1.29 is 14.5 Å². The topological polar surface area (TPSA) is 113 Å². The van der Waals surface area contributed by atoms with Crippen molar-refractivity contribution in [1.82, 2.24) is 5.32 Å². The van der Waals surface area contributed by atoms with Crippen LogP contribution in [0.4, 0.5) is 17.1 Å². The zero-order valence-electron chi connectivity index (χ0n) is 14.8. The molecule has 0 atom stereocenters. The van der Waals surface area contributed by atoms with Crippen molar-refractivity contribution in [2.45, 2.75) is 25.8 Å². The fourth-order valence-electron chi connectivity index (χ4n) is 2.59. The van der Waals surface area contributed by atoms with Gasteiger partial charge in [0, 0.05) is 29.0 Å². The normalized spacial score (nSPS) is 12.9. The number of amides is 2. The maximum absolute atomic E-state index is 12.3. The molecule has 2 amide bonds. The average Bonchev–Trinajstić information content (AvgIpc) is 3.45. The number of aryl methyl sites for hydroxylation is 1. The van der Waals surface area contributed by atoms with Crippen molar-refractivity contribution >= 4 is 28.9 Å². The quantitative estimate of drug-likeness (QED) is 0.514. The van der Waals surface area contributed by atoms with E-state index in [1.807, 2.05) is 0 Å². The fourth-order valence-corrected chi connectivity index (χ4v) is 2.59. The van der Waals surface area contributed by atoms with Gasteiger partial charge in [0.25, 0.3) is 11.6 Å². The molecule has 0 heterocycles. The summed E-state index contributed by atoms with van der Waals surface area (Å²) in [4.78, 5) is 35.0. The summed E-state index contributed by atoms with van der Waals surface area (Å²) in [5.41, 5.74) is 1.84. The van der Waals surface area contributed by atoms with Crippen LogP contribution in [-0.2, 0) is 4.79 Å². The molecule has 3 rings (SSSR count). The van der Waals surface area contributed by atoms with E-state index in [1.165, 1.54) is 6.07 Å². The average molecular weight is 368 g/mol. The molecular formula is C19H20N4O4. The summed E-state index contributed by atoms with van der Waals surface area (Å²) in [6.07, 6.45) is 1.98. The minimum Gasteiger partial charge on any atom is -0.376 e. The second-order valence-electron chi connectivity index (χ2n) is 6.45. The molecule has 0 bridgehead atoms. The zero-order valence-corrected chi connectivity index (χ0v) is 14.8. The van der Waals surface area contributed by atoms with E-state index in [1.54, 1.807) is 43.3 Å². The number of benzene rings is 2. The summed E-state index contributed by atoms with van der Waals surface area (Å²) in [7, 11) is 0. The highest BCUT2D eigenvalue weighted by Gasteiger charge is 2.24. The van der Waals surface area contributed by atoms with E-state index >= 15 is 0 Å². The third-order valence-corrected chi connectivity index (χ3v) is 4.21. The van der Waals surface area contributed by atoms with Gasteiger partial charge in [-0.1, -0.05) is 18.2 Å². The van der Waals surface area contributed by atoms with E-state index in [0.29, 0.717) is 22.5 Å². The first-order valence-electron chi connectivity index (χ1n) is 8.62. The lowest BCUT2D eigenvalue weighted by Crippen LogP contribution is -2.27. The summed E-state index contributed by atoms with van der Waals surface area (Å²) < 4.78 is 0. The molecule has 0 unspecified atom stereocenters. The molecule has 3 N–H and O–H groups in total. The zero-order chi connectivity index (χ0) is 19.4. The van der Waals surface area contributed by atoms with Crippen LogP contribution in [-0.4, -0.2) is 29.3 Å². The van der Waals surface area contributed by atoms with E-state index in [4.69, 9.17) is 0 Å². The minimum absolute atomic E-state index is 0.0529. The molecule has 27 heavy (non-hydrogen) atoms. The van der Waals surface area contributed by atoms with Gasteiger partial charge in [-0.2, -0.15) is 0 Å². The van der Waals surface area contributed by atoms with Crippen LogP contribution in [0.15, 0.2) is 42.5 Å². The lowest BCUT2D eigenvalue weighted by molar-refractivity contribution is -0.385. The van der Waals surface area contributed by atoms with Gasteiger partial charge >= 0.3 is 0 Å². The summed E-state index contributed by atoms with van der Waals surface area (Å²) >= 11 is 0. The predicted molar refractivity (Wildman–Crippen MR) is 102 cm³/mol. The van der Waals surface area contributed by atoms with Crippen LogP contribution in [0.2, 0.25) is 0 Å². The maximum atomic E-state index is 12.3. The van der Waals surface area contributed by atoms with Crippen molar-refractivity contribution in [3.63, 3.8) is 0 Å². The van der Waals surface area contributed by atoms with Gasteiger partial charge in [-0.3, -0.25) is 19.7 Å². The minimum atomic E-state index is -0.488. The van der Waals surface area contributed by atoms with E-state index < -0.39 is 4.92 Å². The maximum Gasteiger partial charge on any atom is 0.274 e. The summed E-state index contributed by atoms with van der Waals surface area (Å²) in [5, 5.41) is 19.5. The number of carbonyl (C=O) groups is 2. The van der Waals surface area contributed by atoms with E-state index in [0.717, 1.165) is 12.8 Å². The smallest absolute Gasteiger partial charge is 0.274 e. The van der Waals surface area contributed by atoms with Crippen LogP contribution in [0.25, 0.3) is 0 Å². The Morgan fingerprint density at radius 2 is 1.93 bits per heavy atom. The highest BCUT2D eigenvalue weighted by atomic mass is 16.6. The van der Waals surface area contributed by atoms with Crippen LogP contribution >= 0.6 is 0 Å². The Morgan fingerprint density at radius 3 is 2.63 bits per heavy atom. The van der Waals surface area contributed by atoms with Crippen LogP contribution < -0.4 is 16.0 Å². The van der Waals surface area contributed by atoms with Crippen LogP contribution in [0, 0.1) is 17.0 Å². The largest absolute Gasteiger partial charge is 0.376 e. The Bertz CT molecular complexity index is 893. The Hall–Kier alpha value is -3.42. The van der Waals surface area contributed by atoms with Crippen molar-refractivity contribution in [2.24, 2.45) is 0 Å². The van der Waals surface area contributed by atoms with Crippen LogP contribution in [0.5, 0.6) is 0 Å². The highest BCUT2D eigenvalue weighted by Crippen LogP contribution is 2.23. The van der Waals surface area contributed by atoms with Gasteiger partial charge in [-0.15, -0.1) is 0 Å². The molecule has 0 saturated heterocycles. The second kappa shape index (κ2) is 7.86. The van der Waals surface area contributed by atoms with E-state index in [2.05, 4.69) is 16.0 Å². The van der Waals surface area contributed by atoms with E-state index in [-0.39, 0.29) is 30.1 Å². The third-order valence-electron chi connectivity index (χ3n) is 4.21. The van der Waals surface area contributed by atoms with Gasteiger partial charge in [0.15, 0.2) is 0 Å². The number of rotatable bonds is 7. The standard InChI is InChI=1S/C19H20N4O4/c1-12-6-7-14(10-17(12)23(26)27)21-18(24)11-20-16-5-3-2-4-15(16)19(25)22-13-8-9-13/h2-7,10,13,20H,8-9,11H2,1H3,(H,21,24)(H,22,25). The summed E-state index contributed by atoms with van der Waals surface area (Å²) in [6, 6.07) is 11.7. The Labute approximate surface area is 156 Å². The monoisotopic (exact) mass is 368 g/mol. The van der Waals surface area contributed by atoms with Crippen molar-refractivity contribution in [1.29, 1.82) is 0 Å². The molecule has 0 radical (unpaired) electrons. The first kappa shape index (κ1) is 18.4. The predicted octanol–water partition coefficient (Wildman–Crippen LogP) is 2.85. The first-order valence-corrected chi connectivity index (χ1v) is 8.62. The number of hydrogen-bond acceptors (Lipinski definition) is 5. The molecule has 0 aromatic heterocycles. The Kier molecular flexibility index (Phi) is 5.35. The van der Waals surface area contributed by atoms with Gasteiger partial charge in [0.05, 0.1) is 17.0 Å². The van der Waals surface area contributed by atoms with Crippen molar-refractivity contribution in [2.75, 3.05) is 17.2 Å². The van der Waals surface area contributed by atoms with Gasteiger partial charge in [-0.05, 0) is 38.0 Å². The first-order chi connectivity index (χ1) is 12.9. The molecule has 0 spiro atoms. The van der Waals surface area contributed by atoms with Crippen LogP contribution in [0.1, 0.15) is 28.8 Å². The second-order valence-corrected chi connectivity index (χ2v) is 6.45. The number of carbonyl (C=O) groups excluding carboxylic acids is 2. The number of nitro benzene ring substituents is 1. The molecule has 2 aromatic rings. The SMILES string of the molecule is Cc1ccc(NC(=O)CNc2ccccc2C(=O)NC2CC2)cc1[N+](=O)[O-]. The molecular weight excluding hydrogens is 348 g/mol. The molecule has 2 aromatic carbocycles. The Balaban J connectivity index is 1.62. The molecule has 0 aliphatic heterocycles. The van der Waals surface area contributed by atoms with Crippen LogP contribution in [0.3, 0.4) is 0 Å². The molecule has 8 nitrogen and oxygen atoms in total. The molecule has 1 saturated carbocycles. The number of para-hydroxylation sites is 1. The van der Waals surface area contributed by atoms with E-state index in [9.17, 15) is 19.7 Å². The summed E-state index contributed by atoms with van der Waals surface area (Å²) in [6.45, 7) is 1.56. The Morgan fingerprint density at radius 1 is 1.19 bits per heavy atom. The highest BCUT2D eigenvalue weighted by molar-refractivity contribution is 6.01. The molecule has 1 fully saturated rings. The third kappa shape index (κ3) is 4.81. The van der Waals surface area contributed by atoms with Gasteiger partial charge in [0.2, 0.25) is 5.91 Å². The van der Waals surface area contributed by atoms with Gasteiger partial charge < -0.3 is 16.0 Å². The lowest BCUT2D eigenvalue weighted by atomic mass is 10.1. The molecule has 1 aliphatic rings. The van der Waals surface area contributed by atoms with Gasteiger partial charge in [-0.25, -0.2) is 0 Å². The number of nitro groups is 1. The molecule has 140 valence electrons. The number of nitrogens with one attached hydrogen (secondary N) is 3. The number of hydrogen-bond donors (Lipinski definition) is 3. The van der Waals surface area contributed by atoms with Crippen molar-refractivity contribution in [3.8, 4) is 0 Å². The molecule has 1 aliphatic carbocycles. The van der Waals surface area contributed by atoms with Crippen molar-refractivity contribution in [3.05, 3.63) is 63.7 Å². The van der Waals surface area contributed by atoms with Gasteiger partial charge in [0.1, 0.15) is 0 Å². The number of nitrogens with zero attached hydrogens (tertiary/aromatic N) is 1. The molecule has 8 heteroatoms. The fraction of sp³-hybridized carbons (Fsp3) is 0.263. The lowest BCUT2D eigenvalue weighted by Gasteiger charge is -2.12.